The summed E-state index contributed by atoms with van der Waals surface area (Å²) in [7, 11) is 0. The number of hydrogen-bond donors (Lipinski definition) is 2. The number of benzene rings is 1. The van der Waals surface area contributed by atoms with Gasteiger partial charge in [0.05, 0.1) is 12.7 Å². The highest BCUT2D eigenvalue weighted by Gasteiger charge is 2.07. The van der Waals surface area contributed by atoms with Gasteiger partial charge in [0.25, 0.3) is 0 Å². The van der Waals surface area contributed by atoms with Crippen LogP contribution in [0.4, 0.5) is 0 Å². The van der Waals surface area contributed by atoms with Crippen molar-refractivity contribution < 1.29 is 5.11 Å². The first-order chi connectivity index (χ1) is 7.99. The second-order valence-electron chi connectivity index (χ2n) is 4.08. The minimum Gasteiger partial charge on any atom is -0.493 e. The number of aromatic amines is 1. The molecule has 0 saturated heterocycles. The summed E-state index contributed by atoms with van der Waals surface area (Å²) >= 11 is 3.50. The van der Waals surface area contributed by atoms with Crippen LogP contribution >= 0.6 is 15.9 Å². The van der Waals surface area contributed by atoms with Gasteiger partial charge in [-0.1, -0.05) is 28.1 Å². The molecule has 0 amide bonds. The zero-order valence-corrected chi connectivity index (χ0v) is 11.2. The highest BCUT2D eigenvalue weighted by Crippen LogP contribution is 2.23. The van der Waals surface area contributed by atoms with Crippen molar-refractivity contribution in [1.82, 2.24) is 9.55 Å². The summed E-state index contributed by atoms with van der Waals surface area (Å²) in [5.41, 5.74) is 2.91. The first-order valence-corrected chi connectivity index (χ1v) is 6.01. The number of rotatable bonds is 2. The van der Waals surface area contributed by atoms with Crippen molar-refractivity contribution in [2.24, 2.45) is 0 Å². The fourth-order valence-electron chi connectivity index (χ4n) is 1.85. The van der Waals surface area contributed by atoms with Crippen LogP contribution in [0.5, 0.6) is 5.88 Å². The van der Waals surface area contributed by atoms with Crippen LogP contribution in [0, 0.1) is 13.8 Å². The van der Waals surface area contributed by atoms with Gasteiger partial charge in [-0.3, -0.25) is 4.57 Å². The van der Waals surface area contributed by atoms with Gasteiger partial charge >= 0.3 is 5.69 Å². The normalized spacial score (nSPS) is 10.8. The van der Waals surface area contributed by atoms with E-state index in [2.05, 4.69) is 20.9 Å². The number of halogens is 1. The first kappa shape index (κ1) is 12.0. The second-order valence-corrected chi connectivity index (χ2v) is 4.87. The van der Waals surface area contributed by atoms with Crippen LogP contribution in [0.3, 0.4) is 0 Å². The van der Waals surface area contributed by atoms with Crippen LogP contribution in [-0.2, 0) is 6.54 Å². The van der Waals surface area contributed by atoms with Gasteiger partial charge in [-0.05, 0) is 30.5 Å². The standard InChI is InChI=1S/C12H13BrN2O2/c1-7-3-9(4-8(2)11(7)13)6-15-10(16)5-14-12(15)17/h3-5,16H,6H2,1-2H3,(H,14,17). The Kier molecular flexibility index (Phi) is 3.11. The average molecular weight is 297 g/mol. The van der Waals surface area contributed by atoms with Gasteiger partial charge in [0.2, 0.25) is 5.88 Å². The van der Waals surface area contributed by atoms with Crippen LogP contribution < -0.4 is 5.69 Å². The molecular weight excluding hydrogens is 284 g/mol. The lowest BCUT2D eigenvalue weighted by molar-refractivity contribution is 0.421. The Morgan fingerprint density at radius 3 is 2.41 bits per heavy atom. The zero-order valence-electron chi connectivity index (χ0n) is 9.62. The van der Waals surface area contributed by atoms with Crippen LogP contribution in [0.1, 0.15) is 16.7 Å². The molecule has 2 rings (SSSR count). The maximum atomic E-state index is 11.4. The summed E-state index contributed by atoms with van der Waals surface area (Å²) in [6.45, 7) is 4.36. The molecule has 90 valence electrons. The van der Waals surface area contributed by atoms with Gasteiger partial charge in [0.1, 0.15) is 0 Å². The number of aromatic hydroxyl groups is 1. The van der Waals surface area contributed by atoms with Gasteiger partial charge < -0.3 is 10.1 Å². The summed E-state index contributed by atoms with van der Waals surface area (Å²) in [5, 5.41) is 9.51. The summed E-state index contributed by atoms with van der Waals surface area (Å²) < 4.78 is 2.37. The lowest BCUT2D eigenvalue weighted by Gasteiger charge is -2.08. The van der Waals surface area contributed by atoms with Gasteiger partial charge in [-0.25, -0.2) is 4.79 Å². The van der Waals surface area contributed by atoms with Crippen molar-refractivity contribution in [2.75, 3.05) is 0 Å². The molecule has 0 bridgehead atoms. The molecule has 1 aromatic heterocycles. The molecule has 0 fully saturated rings. The SMILES string of the molecule is Cc1cc(Cn2c(O)c[nH]c2=O)cc(C)c1Br. The smallest absolute Gasteiger partial charge is 0.328 e. The van der Waals surface area contributed by atoms with Crippen LogP contribution in [-0.4, -0.2) is 14.7 Å². The van der Waals surface area contributed by atoms with E-state index < -0.39 is 0 Å². The van der Waals surface area contributed by atoms with E-state index in [4.69, 9.17) is 0 Å². The van der Waals surface area contributed by atoms with Crippen molar-refractivity contribution in [3.8, 4) is 5.88 Å². The van der Waals surface area contributed by atoms with Crippen molar-refractivity contribution in [3.63, 3.8) is 0 Å². The third-order valence-corrected chi connectivity index (χ3v) is 3.93. The molecule has 0 aliphatic carbocycles. The molecule has 0 unspecified atom stereocenters. The summed E-state index contributed by atoms with van der Waals surface area (Å²) in [4.78, 5) is 13.9. The lowest BCUT2D eigenvalue weighted by atomic mass is 10.1. The van der Waals surface area contributed by atoms with E-state index in [-0.39, 0.29) is 11.6 Å². The maximum absolute atomic E-state index is 11.4. The average Bonchev–Trinajstić information content (AvgIpc) is 2.57. The highest BCUT2D eigenvalue weighted by atomic mass is 79.9. The largest absolute Gasteiger partial charge is 0.493 e. The molecule has 0 aliphatic heterocycles. The summed E-state index contributed by atoms with van der Waals surface area (Å²) in [5.74, 6) is -0.0479. The number of nitrogens with one attached hydrogen (secondary N) is 1. The minimum atomic E-state index is -0.305. The number of hydrogen-bond acceptors (Lipinski definition) is 2. The Hall–Kier alpha value is -1.49. The second kappa shape index (κ2) is 4.41. The molecule has 2 N–H and O–H groups in total. The van der Waals surface area contributed by atoms with Crippen LogP contribution in [0.15, 0.2) is 27.6 Å². The van der Waals surface area contributed by atoms with E-state index >= 15 is 0 Å². The molecule has 1 heterocycles. The van der Waals surface area contributed by atoms with Crippen molar-refractivity contribution in [3.05, 3.63) is 50.0 Å². The lowest BCUT2D eigenvalue weighted by Crippen LogP contribution is -2.17. The summed E-state index contributed by atoms with van der Waals surface area (Å²) in [6, 6.07) is 3.99. The van der Waals surface area contributed by atoms with Crippen LogP contribution in [0.2, 0.25) is 0 Å². The third-order valence-electron chi connectivity index (χ3n) is 2.68. The number of aromatic nitrogens is 2. The van der Waals surface area contributed by atoms with Crippen molar-refractivity contribution in [1.29, 1.82) is 0 Å². The van der Waals surface area contributed by atoms with Gasteiger partial charge in [-0.15, -0.1) is 0 Å². The van der Waals surface area contributed by atoms with E-state index in [1.807, 2.05) is 26.0 Å². The Bertz CT molecular complexity index is 590. The summed E-state index contributed by atoms with van der Waals surface area (Å²) in [6.07, 6.45) is 1.29. The topological polar surface area (TPSA) is 58.0 Å². The number of imidazole rings is 1. The van der Waals surface area contributed by atoms with Gasteiger partial charge in [0, 0.05) is 4.47 Å². The molecule has 0 aliphatic rings. The van der Waals surface area contributed by atoms with Crippen molar-refractivity contribution >= 4 is 15.9 Å². The van der Waals surface area contributed by atoms with E-state index in [1.54, 1.807) is 0 Å². The van der Waals surface area contributed by atoms with E-state index in [0.29, 0.717) is 6.54 Å². The van der Waals surface area contributed by atoms with Gasteiger partial charge in [0.15, 0.2) is 0 Å². The Morgan fingerprint density at radius 1 is 1.35 bits per heavy atom. The Labute approximate surface area is 107 Å². The predicted octanol–water partition coefficient (Wildman–Crippen LogP) is 2.31. The Balaban J connectivity index is 2.41. The maximum Gasteiger partial charge on any atom is 0.328 e. The molecule has 4 nitrogen and oxygen atoms in total. The Morgan fingerprint density at radius 2 is 1.94 bits per heavy atom. The number of nitrogens with zero attached hydrogens (tertiary/aromatic N) is 1. The molecule has 0 saturated carbocycles. The molecule has 17 heavy (non-hydrogen) atoms. The molecule has 0 radical (unpaired) electrons. The highest BCUT2D eigenvalue weighted by molar-refractivity contribution is 9.10. The predicted molar refractivity (Wildman–Crippen MR) is 69.4 cm³/mol. The molecule has 5 heteroatoms. The minimum absolute atomic E-state index is 0.0479. The van der Waals surface area contributed by atoms with Gasteiger partial charge in [-0.2, -0.15) is 0 Å². The molecule has 0 spiro atoms. The first-order valence-electron chi connectivity index (χ1n) is 5.22. The van der Waals surface area contributed by atoms with E-state index in [0.717, 1.165) is 21.2 Å². The molecule has 2 aromatic rings. The quantitative estimate of drug-likeness (QED) is 0.893. The zero-order chi connectivity index (χ0) is 12.6. The van der Waals surface area contributed by atoms with E-state index in [9.17, 15) is 9.90 Å². The van der Waals surface area contributed by atoms with Crippen LogP contribution in [0.25, 0.3) is 0 Å². The molecule has 1 aromatic carbocycles. The monoisotopic (exact) mass is 296 g/mol. The molecule has 0 atom stereocenters. The third kappa shape index (κ3) is 2.29. The fourth-order valence-corrected chi connectivity index (χ4v) is 2.08. The fraction of sp³-hybridized carbons (Fsp3) is 0.250. The number of aryl methyl sites for hydroxylation is 2. The number of H-pyrrole nitrogens is 1. The van der Waals surface area contributed by atoms with E-state index in [1.165, 1.54) is 10.8 Å². The van der Waals surface area contributed by atoms with Crippen molar-refractivity contribution in [2.45, 2.75) is 20.4 Å². The molecular formula is C12H13BrN2O2.